The van der Waals surface area contributed by atoms with Crippen molar-refractivity contribution >= 4 is 53.4 Å². The summed E-state index contributed by atoms with van der Waals surface area (Å²) in [6, 6.07) is -5.17. The summed E-state index contributed by atoms with van der Waals surface area (Å²) in [5.41, 5.74) is -3.05. The zero-order chi connectivity index (χ0) is 59.0. The molecule has 20 heteroatoms. The maximum Gasteiger partial charge on any atom is 0.408 e. The van der Waals surface area contributed by atoms with Crippen molar-refractivity contribution in [1.82, 2.24) is 41.7 Å². The van der Waals surface area contributed by atoms with Crippen LogP contribution in [0.1, 0.15) is 164 Å². The number of alkyl carbamates (subject to hydrolysis) is 2. The van der Waals surface area contributed by atoms with Gasteiger partial charge in [-0.1, -0.05) is 122 Å². The molecule has 0 radical (unpaired) electrons. The normalized spacial score (nSPS) is 24.9. The third-order valence-electron chi connectivity index (χ3n) is 16.3. The van der Waals surface area contributed by atoms with E-state index in [0.717, 1.165) is 25.7 Å². The molecule has 11 atom stereocenters. The predicted molar refractivity (Wildman–Crippen MR) is 307 cm³/mol. The molecule has 80 heavy (non-hydrogen) atoms. The molecule has 4 saturated carbocycles. The Morgan fingerprint density at radius 2 is 0.963 bits per heavy atom. The second kappa shape index (κ2) is 25.7. The van der Waals surface area contributed by atoms with Gasteiger partial charge in [0.05, 0.1) is 12.1 Å². The fraction of sp³-hybridized carbons (Fsp3) is 0.783. The number of hydrogen-bond acceptors (Lipinski definition) is 12. The zero-order valence-corrected chi connectivity index (χ0v) is 49.5. The first-order valence-corrected chi connectivity index (χ1v) is 28.0. The highest BCUT2D eigenvalue weighted by Gasteiger charge is 2.71. The van der Waals surface area contributed by atoms with Crippen LogP contribution in [0.15, 0.2) is 25.3 Å². The SMILES string of the molecule is C.C.C=CCNC(=O)C(=O)C(CC1CC1)NC(=O)[C@@H]1[C@@H]2C(CN1C(=O)[C@@H](NC(=O)OC(C)(C)C)C(C)(C)C)C2(C)C.C=CCNC(=O)C(O)C(CC1CC1)NC(=O)[C@@H]1[C@@H]2C(CN1C(=O)[C@@H](NC(=O)OC(C)(C)C)C(C)(C)C)C2(C)C. The fourth-order valence-corrected chi connectivity index (χ4v) is 11.4. The van der Waals surface area contributed by atoms with Gasteiger partial charge in [0.2, 0.25) is 29.4 Å². The molecule has 0 aromatic heterocycles. The van der Waals surface area contributed by atoms with Gasteiger partial charge in [-0.2, -0.15) is 0 Å². The minimum absolute atomic E-state index is 0. The number of likely N-dealkylation sites (tertiary alicyclic amines) is 2. The maximum atomic E-state index is 14.0. The molecule has 0 spiro atoms. The highest BCUT2D eigenvalue weighted by molar-refractivity contribution is 6.38. The topological polar surface area (TPSA) is 271 Å². The Balaban J connectivity index is 0.000000410. The molecule has 6 fully saturated rings. The van der Waals surface area contributed by atoms with Crippen molar-refractivity contribution in [3.05, 3.63) is 25.3 Å². The third kappa shape index (κ3) is 17.3. The summed E-state index contributed by atoms with van der Waals surface area (Å²) in [6.45, 7) is 38.1. The molecule has 4 aliphatic carbocycles. The first-order chi connectivity index (χ1) is 35.8. The van der Waals surface area contributed by atoms with Gasteiger partial charge in [-0.25, -0.2) is 9.59 Å². The van der Waals surface area contributed by atoms with Crippen LogP contribution < -0.4 is 31.9 Å². The lowest BCUT2D eigenvalue weighted by atomic mass is 9.85. The van der Waals surface area contributed by atoms with Crippen LogP contribution in [0.3, 0.4) is 0 Å². The van der Waals surface area contributed by atoms with E-state index in [1.807, 2.05) is 41.5 Å². The minimum atomic E-state index is -1.42. The zero-order valence-electron chi connectivity index (χ0n) is 49.5. The summed E-state index contributed by atoms with van der Waals surface area (Å²) >= 11 is 0. The summed E-state index contributed by atoms with van der Waals surface area (Å²) in [6.07, 6.45) is 4.92. The number of Topliss-reactive ketones (excluding diaryl/α,β-unsaturated/α-hetero) is 1. The summed E-state index contributed by atoms with van der Waals surface area (Å²) in [4.78, 5) is 122. The van der Waals surface area contributed by atoms with Crippen LogP contribution in [-0.2, 0) is 43.0 Å². The van der Waals surface area contributed by atoms with Crippen LogP contribution in [0.25, 0.3) is 0 Å². The number of aliphatic hydroxyl groups is 1. The number of carbonyl (C=O) groups excluding carboxylic acids is 9. The van der Waals surface area contributed by atoms with Gasteiger partial charge in [0.25, 0.3) is 11.8 Å². The van der Waals surface area contributed by atoms with E-state index in [0.29, 0.717) is 31.8 Å². The third-order valence-corrected chi connectivity index (χ3v) is 16.3. The Kier molecular flexibility index (Phi) is 22.1. The van der Waals surface area contributed by atoms with E-state index in [4.69, 9.17) is 9.47 Å². The number of ketones is 1. The smallest absolute Gasteiger partial charge is 0.408 e. The molecule has 2 heterocycles. The lowest BCUT2D eigenvalue weighted by Crippen LogP contribution is -2.61. The molecule has 20 nitrogen and oxygen atoms in total. The van der Waals surface area contributed by atoms with Crippen LogP contribution in [-0.4, -0.2) is 148 Å². The second-order valence-electron chi connectivity index (χ2n) is 28.0. The lowest BCUT2D eigenvalue weighted by Gasteiger charge is -2.38. The number of fused-ring (bicyclic) bond motifs is 2. The summed E-state index contributed by atoms with van der Waals surface area (Å²) in [5, 5.41) is 27.1. The van der Waals surface area contributed by atoms with Gasteiger partial charge in [0, 0.05) is 26.2 Å². The molecule has 2 saturated heterocycles. The fourth-order valence-electron chi connectivity index (χ4n) is 11.4. The maximum absolute atomic E-state index is 14.0. The monoisotopic (exact) mass is 1130 g/mol. The molecule has 8 amide bonds. The van der Waals surface area contributed by atoms with Crippen molar-refractivity contribution in [3.63, 3.8) is 0 Å². The number of amides is 8. The molecule has 0 bridgehead atoms. The van der Waals surface area contributed by atoms with Crippen molar-refractivity contribution in [2.45, 2.75) is 218 Å². The van der Waals surface area contributed by atoms with E-state index < -0.39 is 100 Å². The van der Waals surface area contributed by atoms with Gasteiger partial charge >= 0.3 is 12.2 Å². The highest BCUT2D eigenvalue weighted by atomic mass is 16.6. The Bertz CT molecular complexity index is 2320. The molecule has 6 aliphatic rings. The first kappa shape index (κ1) is 68.7. The number of nitrogens with one attached hydrogen (secondary N) is 6. The number of ether oxygens (including phenoxy) is 2. The second-order valence-corrected chi connectivity index (χ2v) is 28.0. The number of rotatable bonds is 20. The van der Waals surface area contributed by atoms with Crippen molar-refractivity contribution in [1.29, 1.82) is 0 Å². The standard InChI is InChI=1S/C29H48N4O6.C29H46N4O6.2CH4/c2*1-10-13-30-24(36)21(34)18(14-16-11-12-16)31-23(35)20-19-17(29(19,8)9)15-33(20)25(37)22(27(2,3)4)32-26(38)39-28(5,6)7;;/h10,16-22,34H,1,11-15H2,2-9H3,(H,30,36)(H,31,35)(H,32,38);10,16-20,22H,1,11-15H2,2-9H3,(H,30,36)(H,31,35)(H,32,38);2*1H4/t17?,18?,19-,20-,21?,22+;17?,18?,19-,20-,22+;;/m00../s1. The molecule has 6 rings (SSSR count). The molecule has 454 valence electrons. The van der Waals surface area contributed by atoms with Crippen molar-refractivity contribution in [3.8, 4) is 0 Å². The van der Waals surface area contributed by atoms with Crippen molar-refractivity contribution < 1.29 is 57.7 Å². The van der Waals surface area contributed by atoms with Gasteiger partial charge in [-0.15, -0.1) is 13.2 Å². The summed E-state index contributed by atoms with van der Waals surface area (Å²) < 4.78 is 10.8. The largest absolute Gasteiger partial charge is 0.444 e. The number of aliphatic hydroxyl groups excluding tert-OH is 1. The Hall–Kier alpha value is -5.53. The van der Waals surface area contributed by atoms with E-state index in [9.17, 15) is 48.3 Å². The van der Waals surface area contributed by atoms with Crippen LogP contribution in [0.4, 0.5) is 9.59 Å². The number of hydrogen-bond donors (Lipinski definition) is 7. The van der Waals surface area contributed by atoms with E-state index >= 15 is 0 Å². The number of piperidine rings is 2. The molecule has 7 N–H and O–H groups in total. The van der Waals surface area contributed by atoms with E-state index in [1.54, 1.807) is 51.3 Å². The molecule has 0 aromatic carbocycles. The molecule has 5 unspecified atom stereocenters. The summed E-state index contributed by atoms with van der Waals surface area (Å²) in [7, 11) is 0. The van der Waals surface area contributed by atoms with Gasteiger partial charge in [0.1, 0.15) is 35.4 Å². The molecule has 2 aliphatic heterocycles. The van der Waals surface area contributed by atoms with Gasteiger partial charge < -0.3 is 56.3 Å². The highest BCUT2D eigenvalue weighted by Crippen LogP contribution is 2.66. The van der Waals surface area contributed by atoms with Crippen LogP contribution in [0.2, 0.25) is 0 Å². The van der Waals surface area contributed by atoms with Crippen LogP contribution in [0.5, 0.6) is 0 Å². The summed E-state index contributed by atoms with van der Waals surface area (Å²) in [5.74, 6) is -2.84. The predicted octanol–water partition coefficient (Wildman–Crippen LogP) is 6.19. The molecular formula is C60H102N8O12. The lowest BCUT2D eigenvalue weighted by molar-refractivity contribution is -0.145. The Labute approximate surface area is 477 Å². The van der Waals surface area contributed by atoms with Crippen molar-refractivity contribution in [2.24, 2.45) is 57.2 Å². The van der Waals surface area contributed by atoms with Gasteiger partial charge in [-0.05, 0) is 112 Å². The Morgan fingerprint density at radius 1 is 0.588 bits per heavy atom. The van der Waals surface area contributed by atoms with E-state index in [1.165, 1.54) is 12.2 Å². The van der Waals surface area contributed by atoms with Gasteiger partial charge in [-0.3, -0.25) is 33.6 Å². The van der Waals surface area contributed by atoms with E-state index in [2.05, 4.69) is 72.8 Å². The number of nitrogens with zero attached hydrogens (tertiary/aromatic N) is 2. The van der Waals surface area contributed by atoms with E-state index in [-0.39, 0.29) is 86.1 Å². The van der Waals surface area contributed by atoms with Crippen LogP contribution >= 0.6 is 0 Å². The first-order valence-electron chi connectivity index (χ1n) is 28.0. The molecular weight excluding hydrogens is 1020 g/mol. The average molecular weight is 1130 g/mol. The molecule has 0 aromatic rings. The Morgan fingerprint density at radius 3 is 1.32 bits per heavy atom. The van der Waals surface area contributed by atoms with Gasteiger partial charge in [0.15, 0.2) is 6.10 Å². The average Bonchev–Trinajstić information content (AvgIpc) is 4.28. The van der Waals surface area contributed by atoms with Crippen molar-refractivity contribution in [2.75, 3.05) is 26.2 Å². The minimum Gasteiger partial charge on any atom is -0.444 e. The number of carbonyl (C=O) groups is 9. The quantitative estimate of drug-likeness (QED) is 0.0531. The van der Waals surface area contributed by atoms with Crippen LogP contribution in [0, 0.1) is 57.2 Å².